The molecule has 0 saturated carbocycles. The highest BCUT2D eigenvalue weighted by Gasteiger charge is 2.53. The van der Waals surface area contributed by atoms with E-state index in [4.69, 9.17) is 0 Å². The number of anilines is 3. The molecular weight excluding hydrogens is 881 g/mol. The van der Waals surface area contributed by atoms with E-state index in [0.717, 1.165) is 28.3 Å². The zero-order valence-corrected chi connectivity index (χ0v) is 40.3. The van der Waals surface area contributed by atoms with Gasteiger partial charge in [-0.05, 0) is 145 Å². The van der Waals surface area contributed by atoms with E-state index in [1.807, 2.05) is 0 Å². The van der Waals surface area contributed by atoms with E-state index in [1.165, 1.54) is 82.6 Å². The first-order chi connectivity index (χ1) is 36.2. The SMILES string of the molecule is C1=CC2c3ccc(N(c4cccc(-c5cccc(-c6ccc7c(c6)c6ccccc6n7-c6ccccc6)c5)c4)c4ccc5cc(-c6ccccc6)ccc5c4)cc3C(c3ccccc3)(c3ccccc3)C2C=C1. The van der Waals surface area contributed by atoms with Crippen LogP contribution in [-0.2, 0) is 5.41 Å². The first kappa shape index (κ1) is 42.6. The van der Waals surface area contributed by atoms with Crippen LogP contribution in [0.3, 0.4) is 0 Å². The van der Waals surface area contributed by atoms with Gasteiger partial charge in [0.15, 0.2) is 0 Å². The molecule has 0 N–H and O–H groups in total. The van der Waals surface area contributed by atoms with Gasteiger partial charge in [-0.3, -0.25) is 0 Å². The average Bonchev–Trinajstić information content (AvgIpc) is 3.97. The van der Waals surface area contributed by atoms with Crippen molar-refractivity contribution in [3.63, 3.8) is 0 Å². The summed E-state index contributed by atoms with van der Waals surface area (Å²) in [7, 11) is 0. The van der Waals surface area contributed by atoms with Gasteiger partial charge in [-0.1, -0.05) is 212 Å². The number of para-hydroxylation sites is 2. The van der Waals surface area contributed by atoms with Gasteiger partial charge in [0.05, 0.1) is 16.4 Å². The second kappa shape index (κ2) is 17.6. The molecule has 0 radical (unpaired) electrons. The van der Waals surface area contributed by atoms with Crippen LogP contribution in [-0.4, -0.2) is 4.57 Å². The van der Waals surface area contributed by atoms with Crippen LogP contribution >= 0.6 is 0 Å². The highest BCUT2D eigenvalue weighted by molar-refractivity contribution is 6.10. The molecule has 14 rings (SSSR count). The van der Waals surface area contributed by atoms with Crippen molar-refractivity contribution < 1.29 is 0 Å². The van der Waals surface area contributed by atoms with E-state index in [9.17, 15) is 0 Å². The van der Waals surface area contributed by atoms with Gasteiger partial charge in [-0.15, -0.1) is 0 Å². The number of hydrogen-bond donors (Lipinski definition) is 0. The molecule has 0 fully saturated rings. The van der Waals surface area contributed by atoms with E-state index >= 15 is 0 Å². The van der Waals surface area contributed by atoms with Crippen LogP contribution in [0, 0.1) is 5.92 Å². The maximum absolute atomic E-state index is 2.51. The highest BCUT2D eigenvalue weighted by atomic mass is 15.1. The zero-order valence-electron chi connectivity index (χ0n) is 40.3. The molecule has 1 aromatic heterocycles. The molecule has 2 nitrogen and oxygen atoms in total. The molecule has 12 aromatic rings. The lowest BCUT2D eigenvalue weighted by molar-refractivity contribution is 0.457. The lowest BCUT2D eigenvalue weighted by atomic mass is 9.63. The van der Waals surface area contributed by atoms with Crippen LogP contribution in [0.2, 0.25) is 0 Å². The van der Waals surface area contributed by atoms with E-state index < -0.39 is 5.41 Å². The average molecular weight is 931 g/mol. The maximum Gasteiger partial charge on any atom is 0.0541 e. The summed E-state index contributed by atoms with van der Waals surface area (Å²) in [6.45, 7) is 0. The molecule has 1 heterocycles. The Kier molecular flexibility index (Phi) is 10.3. The van der Waals surface area contributed by atoms with E-state index in [0.29, 0.717) is 0 Å². The highest BCUT2D eigenvalue weighted by Crippen LogP contribution is 2.60. The van der Waals surface area contributed by atoms with Gasteiger partial charge in [0, 0.05) is 45.4 Å². The molecule has 0 spiro atoms. The van der Waals surface area contributed by atoms with Crippen molar-refractivity contribution in [3.8, 4) is 39.1 Å². The lowest BCUT2D eigenvalue weighted by Crippen LogP contribution is -2.35. The number of rotatable bonds is 9. The second-order valence-corrected chi connectivity index (χ2v) is 19.6. The molecule has 2 heteroatoms. The van der Waals surface area contributed by atoms with Gasteiger partial charge in [0.1, 0.15) is 0 Å². The number of benzene rings is 11. The first-order valence-corrected chi connectivity index (χ1v) is 25.5. The standard InChI is InChI=1S/C71H50N2/c1-5-19-49(20-6-1)53-35-36-55-46-61(39-37-54(55)44-53)72(62-40-41-64-63-31-13-15-33-67(63)71(68(64)48-62,57-24-7-2-8-25-57)58-26-9-3-10-27-58)60-30-18-23-52(45-60)50-21-17-22-51(43-50)56-38-42-70-66(47-56)65-32-14-16-34-69(65)73(70)59-28-11-4-12-29-59/h1-48,63,67H. The van der Waals surface area contributed by atoms with Gasteiger partial charge in [-0.25, -0.2) is 0 Å². The largest absolute Gasteiger partial charge is 0.310 e. The summed E-state index contributed by atoms with van der Waals surface area (Å²) in [5.74, 6) is 0.445. The summed E-state index contributed by atoms with van der Waals surface area (Å²) >= 11 is 0. The maximum atomic E-state index is 2.51. The third-order valence-corrected chi connectivity index (χ3v) is 15.7. The smallest absolute Gasteiger partial charge is 0.0541 e. The Morgan fingerprint density at radius 1 is 0.342 bits per heavy atom. The first-order valence-electron chi connectivity index (χ1n) is 25.5. The van der Waals surface area contributed by atoms with Crippen molar-refractivity contribution in [2.24, 2.45) is 5.92 Å². The van der Waals surface area contributed by atoms with Crippen molar-refractivity contribution in [1.29, 1.82) is 0 Å². The Balaban J connectivity index is 0.920. The van der Waals surface area contributed by atoms with E-state index in [1.54, 1.807) is 0 Å². The molecule has 2 unspecified atom stereocenters. The molecule has 2 aliphatic rings. The van der Waals surface area contributed by atoms with Gasteiger partial charge < -0.3 is 9.47 Å². The molecule has 73 heavy (non-hydrogen) atoms. The van der Waals surface area contributed by atoms with Crippen molar-refractivity contribution in [3.05, 3.63) is 313 Å². The van der Waals surface area contributed by atoms with Crippen molar-refractivity contribution in [2.45, 2.75) is 11.3 Å². The predicted molar refractivity (Wildman–Crippen MR) is 307 cm³/mol. The molecule has 0 aliphatic heterocycles. The molecule has 0 bridgehead atoms. The molecule has 11 aromatic carbocycles. The number of nitrogens with zero attached hydrogens (tertiary/aromatic N) is 2. The van der Waals surface area contributed by atoms with Gasteiger partial charge >= 0.3 is 0 Å². The number of aromatic nitrogens is 1. The lowest BCUT2D eigenvalue weighted by Gasteiger charge is -2.39. The molecule has 2 aliphatic carbocycles. The fraction of sp³-hybridized carbons (Fsp3) is 0.0423. The molecule has 2 atom stereocenters. The Morgan fingerprint density at radius 2 is 0.877 bits per heavy atom. The van der Waals surface area contributed by atoms with Crippen LogP contribution in [0.4, 0.5) is 17.1 Å². The number of allylic oxidation sites excluding steroid dienone is 4. The summed E-state index contributed by atoms with van der Waals surface area (Å²) in [6.07, 6.45) is 9.36. The third-order valence-electron chi connectivity index (χ3n) is 15.7. The van der Waals surface area contributed by atoms with Crippen molar-refractivity contribution in [1.82, 2.24) is 4.57 Å². The summed E-state index contributed by atoms with van der Waals surface area (Å²) < 4.78 is 2.38. The molecule has 0 amide bonds. The minimum Gasteiger partial charge on any atom is -0.310 e. The third kappa shape index (κ3) is 7.09. The quantitative estimate of drug-likeness (QED) is 0.140. The topological polar surface area (TPSA) is 8.17 Å². The monoisotopic (exact) mass is 930 g/mol. The number of fused-ring (bicyclic) bond motifs is 7. The predicted octanol–water partition coefficient (Wildman–Crippen LogP) is 18.6. The Labute approximate surface area is 426 Å². The molecule has 344 valence electrons. The number of hydrogen-bond acceptors (Lipinski definition) is 1. The summed E-state index contributed by atoms with van der Waals surface area (Å²) in [5.41, 5.74) is 19.0. The second-order valence-electron chi connectivity index (χ2n) is 19.6. The normalized spacial score (nSPS) is 15.4. The fourth-order valence-corrected chi connectivity index (χ4v) is 12.4. The van der Waals surface area contributed by atoms with Crippen LogP contribution in [0.1, 0.15) is 28.2 Å². The van der Waals surface area contributed by atoms with Crippen LogP contribution < -0.4 is 4.90 Å². The Bertz CT molecular complexity index is 4050. The van der Waals surface area contributed by atoms with Crippen LogP contribution in [0.25, 0.3) is 71.6 Å². The molecule has 0 saturated heterocycles. The van der Waals surface area contributed by atoms with E-state index in [2.05, 4.69) is 301 Å². The van der Waals surface area contributed by atoms with Crippen molar-refractivity contribution in [2.75, 3.05) is 4.90 Å². The summed E-state index contributed by atoms with van der Waals surface area (Å²) in [6, 6.07) is 98.7. The van der Waals surface area contributed by atoms with E-state index in [-0.39, 0.29) is 11.8 Å². The minimum atomic E-state index is -0.412. The van der Waals surface area contributed by atoms with Gasteiger partial charge in [0.2, 0.25) is 0 Å². The zero-order chi connectivity index (χ0) is 48.3. The Morgan fingerprint density at radius 3 is 1.64 bits per heavy atom. The summed E-state index contributed by atoms with van der Waals surface area (Å²) in [5, 5.41) is 4.90. The van der Waals surface area contributed by atoms with Gasteiger partial charge in [0.25, 0.3) is 0 Å². The van der Waals surface area contributed by atoms with Crippen LogP contribution in [0.15, 0.2) is 291 Å². The minimum absolute atomic E-state index is 0.208. The summed E-state index contributed by atoms with van der Waals surface area (Å²) in [4.78, 5) is 2.48. The molecular formula is C71H50N2. The fourth-order valence-electron chi connectivity index (χ4n) is 12.4. The van der Waals surface area contributed by atoms with Crippen LogP contribution in [0.5, 0.6) is 0 Å². The van der Waals surface area contributed by atoms with Crippen molar-refractivity contribution >= 4 is 49.6 Å². The van der Waals surface area contributed by atoms with Gasteiger partial charge in [-0.2, -0.15) is 0 Å². The Hall–Kier alpha value is -9.24.